The largest absolute Gasteiger partial charge is 0.507 e. The second-order valence-corrected chi connectivity index (χ2v) is 4.88. The summed E-state index contributed by atoms with van der Waals surface area (Å²) in [7, 11) is 0. The van der Waals surface area contributed by atoms with E-state index in [1.54, 1.807) is 32.0 Å². The summed E-state index contributed by atoms with van der Waals surface area (Å²) in [4.78, 5) is 25.9. The lowest BCUT2D eigenvalue weighted by atomic mass is 10.1. The molecule has 1 heterocycles. The van der Waals surface area contributed by atoms with Gasteiger partial charge in [0.2, 0.25) is 0 Å². The molecule has 2 rings (SSSR count). The number of phenolic OH excluding ortho intramolecular Hbond substituents is 1. The van der Waals surface area contributed by atoms with Gasteiger partial charge in [0.1, 0.15) is 11.8 Å². The van der Waals surface area contributed by atoms with Gasteiger partial charge < -0.3 is 14.7 Å². The predicted molar refractivity (Wildman–Crippen MR) is 73.5 cm³/mol. The minimum atomic E-state index is -0.539. The van der Waals surface area contributed by atoms with E-state index in [-0.39, 0.29) is 23.2 Å². The molecule has 1 unspecified atom stereocenters. The highest BCUT2D eigenvalue weighted by Crippen LogP contribution is 2.27. The summed E-state index contributed by atoms with van der Waals surface area (Å²) in [5, 5.41) is 9.99. The van der Waals surface area contributed by atoms with Gasteiger partial charge in [0.05, 0.1) is 12.2 Å². The Balaban J connectivity index is 2.23. The molecule has 1 aromatic rings. The second-order valence-electron chi connectivity index (χ2n) is 4.88. The van der Waals surface area contributed by atoms with Crippen LogP contribution in [0.2, 0.25) is 0 Å². The molecule has 1 aliphatic heterocycles. The number of nitrogens with zero attached hydrogens (tertiary/aromatic N) is 1. The summed E-state index contributed by atoms with van der Waals surface area (Å²) in [5.41, 5.74) is 0.879. The molecule has 1 amide bonds. The number of para-hydroxylation sites is 1. The zero-order chi connectivity index (χ0) is 14.7. The zero-order valence-corrected chi connectivity index (χ0v) is 11.8. The lowest BCUT2D eigenvalue weighted by molar-refractivity contribution is -0.147. The smallest absolute Gasteiger partial charge is 0.328 e. The quantitative estimate of drug-likeness (QED) is 0.856. The maximum absolute atomic E-state index is 12.5. The average Bonchev–Trinajstić information content (AvgIpc) is 2.91. The van der Waals surface area contributed by atoms with E-state index in [0.717, 1.165) is 6.42 Å². The number of rotatable bonds is 3. The summed E-state index contributed by atoms with van der Waals surface area (Å²) >= 11 is 0. The van der Waals surface area contributed by atoms with Crippen molar-refractivity contribution in [2.75, 3.05) is 13.2 Å². The molecule has 0 saturated carbocycles. The number of amides is 1. The van der Waals surface area contributed by atoms with Gasteiger partial charge in [-0.1, -0.05) is 12.1 Å². The molecule has 5 heteroatoms. The van der Waals surface area contributed by atoms with Gasteiger partial charge in [-0.2, -0.15) is 0 Å². The minimum absolute atomic E-state index is 0.0213. The molecule has 1 atom stereocenters. The second kappa shape index (κ2) is 5.94. The highest BCUT2D eigenvalue weighted by atomic mass is 16.5. The Kier molecular flexibility index (Phi) is 4.27. The minimum Gasteiger partial charge on any atom is -0.507 e. The van der Waals surface area contributed by atoms with Gasteiger partial charge >= 0.3 is 5.97 Å². The fourth-order valence-corrected chi connectivity index (χ4v) is 2.48. The number of likely N-dealkylation sites (tertiary alicyclic amines) is 1. The van der Waals surface area contributed by atoms with E-state index in [9.17, 15) is 14.7 Å². The summed E-state index contributed by atoms with van der Waals surface area (Å²) in [5.74, 6) is -0.709. The molecule has 1 fully saturated rings. The van der Waals surface area contributed by atoms with Crippen molar-refractivity contribution in [2.24, 2.45) is 0 Å². The molecule has 0 spiro atoms. The first-order valence-electron chi connectivity index (χ1n) is 6.82. The summed E-state index contributed by atoms with van der Waals surface area (Å²) in [6.07, 6.45) is 1.37. The maximum atomic E-state index is 12.5. The normalized spacial score (nSPS) is 18.1. The van der Waals surface area contributed by atoms with Crippen molar-refractivity contribution >= 4 is 11.9 Å². The molecule has 0 bridgehead atoms. The van der Waals surface area contributed by atoms with Crippen LogP contribution in [-0.4, -0.2) is 41.1 Å². The Bertz CT molecular complexity index is 527. The van der Waals surface area contributed by atoms with Gasteiger partial charge in [-0.15, -0.1) is 0 Å². The predicted octanol–water partition coefficient (Wildman–Crippen LogP) is 1.87. The Labute approximate surface area is 118 Å². The molecule has 108 valence electrons. The van der Waals surface area contributed by atoms with Crippen LogP contribution in [0.5, 0.6) is 5.75 Å². The molecule has 1 aromatic carbocycles. The van der Waals surface area contributed by atoms with Crippen LogP contribution >= 0.6 is 0 Å². The Morgan fingerprint density at radius 3 is 2.90 bits per heavy atom. The Morgan fingerprint density at radius 1 is 1.45 bits per heavy atom. The third kappa shape index (κ3) is 2.61. The molecule has 1 aliphatic rings. The lowest BCUT2D eigenvalue weighted by Gasteiger charge is -2.23. The van der Waals surface area contributed by atoms with E-state index >= 15 is 0 Å². The number of hydrogen-bond donors (Lipinski definition) is 1. The van der Waals surface area contributed by atoms with E-state index in [0.29, 0.717) is 25.1 Å². The molecular formula is C15H19NO4. The molecule has 1 saturated heterocycles. The first-order chi connectivity index (χ1) is 9.56. The molecule has 20 heavy (non-hydrogen) atoms. The first-order valence-corrected chi connectivity index (χ1v) is 6.82. The standard InChI is InChI=1S/C15H19NO4/c1-3-20-15(19)12-8-5-9-16(12)14(18)11-7-4-6-10(2)13(11)17/h4,6-7,12,17H,3,5,8-9H2,1-2H3. The van der Waals surface area contributed by atoms with Crippen molar-refractivity contribution in [3.63, 3.8) is 0 Å². The number of ether oxygens (including phenoxy) is 1. The van der Waals surface area contributed by atoms with E-state index in [1.165, 1.54) is 4.90 Å². The van der Waals surface area contributed by atoms with Gasteiger partial charge in [0.15, 0.2) is 0 Å². The van der Waals surface area contributed by atoms with Gasteiger partial charge in [-0.25, -0.2) is 4.79 Å². The number of benzene rings is 1. The average molecular weight is 277 g/mol. The number of aromatic hydroxyl groups is 1. The SMILES string of the molecule is CCOC(=O)C1CCCN1C(=O)c1cccc(C)c1O. The van der Waals surface area contributed by atoms with Crippen molar-refractivity contribution in [1.29, 1.82) is 0 Å². The molecule has 0 aliphatic carbocycles. The van der Waals surface area contributed by atoms with Crippen molar-refractivity contribution in [3.8, 4) is 5.75 Å². The highest BCUT2D eigenvalue weighted by molar-refractivity contribution is 5.99. The number of hydrogen-bond acceptors (Lipinski definition) is 4. The van der Waals surface area contributed by atoms with Gasteiger partial charge in [0, 0.05) is 6.54 Å². The Morgan fingerprint density at radius 2 is 2.20 bits per heavy atom. The number of esters is 1. The topological polar surface area (TPSA) is 66.8 Å². The Hall–Kier alpha value is -2.04. The van der Waals surface area contributed by atoms with Crippen molar-refractivity contribution in [3.05, 3.63) is 29.3 Å². The summed E-state index contributed by atoms with van der Waals surface area (Å²) < 4.78 is 5.00. The third-order valence-electron chi connectivity index (χ3n) is 3.54. The molecule has 0 aromatic heterocycles. The zero-order valence-electron chi connectivity index (χ0n) is 11.8. The highest BCUT2D eigenvalue weighted by Gasteiger charge is 2.36. The van der Waals surface area contributed by atoms with Gasteiger partial charge in [-0.05, 0) is 38.3 Å². The van der Waals surface area contributed by atoms with Crippen LogP contribution in [-0.2, 0) is 9.53 Å². The van der Waals surface area contributed by atoms with E-state index < -0.39 is 6.04 Å². The van der Waals surface area contributed by atoms with Crippen molar-refractivity contribution < 1.29 is 19.4 Å². The molecular weight excluding hydrogens is 258 g/mol. The lowest BCUT2D eigenvalue weighted by Crippen LogP contribution is -2.41. The van der Waals surface area contributed by atoms with Crippen LogP contribution in [0.3, 0.4) is 0 Å². The van der Waals surface area contributed by atoms with Crippen molar-refractivity contribution in [2.45, 2.75) is 32.7 Å². The van der Waals surface area contributed by atoms with E-state index in [2.05, 4.69) is 0 Å². The van der Waals surface area contributed by atoms with Crippen LogP contribution in [0.1, 0.15) is 35.7 Å². The van der Waals surface area contributed by atoms with Crippen LogP contribution < -0.4 is 0 Å². The van der Waals surface area contributed by atoms with Crippen LogP contribution in [0.4, 0.5) is 0 Å². The number of carbonyl (C=O) groups excluding carboxylic acids is 2. The fraction of sp³-hybridized carbons (Fsp3) is 0.467. The maximum Gasteiger partial charge on any atom is 0.328 e. The third-order valence-corrected chi connectivity index (χ3v) is 3.54. The summed E-state index contributed by atoms with van der Waals surface area (Å²) in [6, 6.07) is 4.49. The van der Waals surface area contributed by atoms with Gasteiger partial charge in [0.25, 0.3) is 5.91 Å². The number of aryl methyl sites for hydroxylation is 1. The van der Waals surface area contributed by atoms with Crippen LogP contribution in [0, 0.1) is 6.92 Å². The molecule has 5 nitrogen and oxygen atoms in total. The van der Waals surface area contributed by atoms with Gasteiger partial charge in [-0.3, -0.25) is 4.79 Å². The van der Waals surface area contributed by atoms with E-state index in [1.807, 2.05) is 0 Å². The summed E-state index contributed by atoms with van der Waals surface area (Å²) in [6.45, 7) is 4.28. The van der Waals surface area contributed by atoms with Crippen LogP contribution in [0.15, 0.2) is 18.2 Å². The molecule has 0 radical (unpaired) electrons. The van der Waals surface area contributed by atoms with Crippen LogP contribution in [0.25, 0.3) is 0 Å². The molecule has 1 N–H and O–H groups in total. The monoisotopic (exact) mass is 277 g/mol. The van der Waals surface area contributed by atoms with E-state index in [4.69, 9.17) is 4.74 Å². The number of phenols is 1. The first kappa shape index (κ1) is 14.4. The van der Waals surface area contributed by atoms with Crippen molar-refractivity contribution in [1.82, 2.24) is 4.90 Å². The fourth-order valence-electron chi connectivity index (χ4n) is 2.48. The number of carbonyl (C=O) groups is 2.